The summed E-state index contributed by atoms with van der Waals surface area (Å²) in [6, 6.07) is 13.5. The molecule has 0 aliphatic rings. The molecule has 7 heteroatoms. The molecule has 28 heavy (non-hydrogen) atoms. The van der Waals surface area contributed by atoms with E-state index in [0.29, 0.717) is 6.54 Å². The Morgan fingerprint density at radius 1 is 1.25 bits per heavy atom. The SMILES string of the molecule is Cn1nc(-c2cc3cc(CNCCCN)ccc3[nH]2)c2ccc(C(=O)O)cc21. The van der Waals surface area contributed by atoms with Crippen LogP contribution in [-0.2, 0) is 13.6 Å². The van der Waals surface area contributed by atoms with Crippen LogP contribution in [0.1, 0.15) is 22.3 Å². The number of carboxylic acids is 1. The summed E-state index contributed by atoms with van der Waals surface area (Å²) in [7, 11) is 1.82. The van der Waals surface area contributed by atoms with Crippen molar-refractivity contribution in [2.24, 2.45) is 12.8 Å². The molecule has 0 atom stereocenters. The summed E-state index contributed by atoms with van der Waals surface area (Å²) in [6.07, 6.45) is 0.965. The van der Waals surface area contributed by atoms with Crippen LogP contribution >= 0.6 is 0 Å². The number of aromatic nitrogens is 3. The van der Waals surface area contributed by atoms with Gasteiger partial charge in [-0.05, 0) is 61.5 Å². The van der Waals surface area contributed by atoms with Crippen LogP contribution in [0.5, 0.6) is 0 Å². The normalized spacial score (nSPS) is 11.5. The van der Waals surface area contributed by atoms with Gasteiger partial charge in [0.1, 0.15) is 5.69 Å². The molecule has 0 spiro atoms. The van der Waals surface area contributed by atoms with Crippen molar-refractivity contribution >= 4 is 27.8 Å². The van der Waals surface area contributed by atoms with E-state index < -0.39 is 5.97 Å². The highest BCUT2D eigenvalue weighted by Crippen LogP contribution is 2.30. The Bertz CT molecular complexity index is 1160. The van der Waals surface area contributed by atoms with Crippen LogP contribution in [0.4, 0.5) is 0 Å². The van der Waals surface area contributed by atoms with Gasteiger partial charge in [0.2, 0.25) is 0 Å². The Kier molecular flexibility index (Phi) is 4.85. The Balaban J connectivity index is 1.68. The van der Waals surface area contributed by atoms with Gasteiger partial charge >= 0.3 is 5.97 Å². The standard InChI is InChI=1S/C21H23N5O2/c1-26-19-11-14(21(27)28)4-5-16(19)20(25-26)18-10-15-9-13(3-6-17(15)24-18)12-23-8-2-7-22/h3-6,9-11,23-24H,2,7-8,12,22H2,1H3,(H,27,28). The quantitative estimate of drug-likeness (QED) is 0.370. The van der Waals surface area contributed by atoms with Crippen molar-refractivity contribution in [1.29, 1.82) is 0 Å². The fourth-order valence-corrected chi connectivity index (χ4v) is 3.47. The van der Waals surface area contributed by atoms with Crippen LogP contribution in [0, 0.1) is 0 Å². The van der Waals surface area contributed by atoms with Crippen LogP contribution < -0.4 is 11.1 Å². The third kappa shape index (κ3) is 3.37. The molecule has 0 bridgehead atoms. The number of nitrogens with zero attached hydrogens (tertiary/aromatic N) is 2. The molecule has 0 aliphatic heterocycles. The first-order chi connectivity index (χ1) is 13.6. The molecule has 2 heterocycles. The fraction of sp³-hybridized carbons (Fsp3) is 0.238. The molecule has 0 fully saturated rings. The van der Waals surface area contributed by atoms with Gasteiger partial charge in [-0.2, -0.15) is 5.10 Å². The first-order valence-electron chi connectivity index (χ1n) is 9.29. The highest BCUT2D eigenvalue weighted by molar-refractivity contribution is 5.99. The minimum atomic E-state index is -0.942. The first-order valence-corrected chi connectivity index (χ1v) is 9.29. The molecule has 0 aliphatic carbocycles. The van der Waals surface area contributed by atoms with Crippen molar-refractivity contribution in [3.8, 4) is 11.4 Å². The first kappa shape index (κ1) is 18.2. The summed E-state index contributed by atoms with van der Waals surface area (Å²) in [6.45, 7) is 2.41. The van der Waals surface area contributed by atoms with Gasteiger partial charge in [0.15, 0.2) is 0 Å². The predicted octanol–water partition coefficient (Wildman–Crippen LogP) is 2.86. The summed E-state index contributed by atoms with van der Waals surface area (Å²) in [5.74, 6) is -0.942. The second-order valence-electron chi connectivity index (χ2n) is 6.93. The van der Waals surface area contributed by atoms with Crippen molar-refractivity contribution in [1.82, 2.24) is 20.1 Å². The number of nitrogens with one attached hydrogen (secondary N) is 2. The van der Waals surface area contributed by atoms with Crippen LogP contribution in [0.3, 0.4) is 0 Å². The smallest absolute Gasteiger partial charge is 0.335 e. The van der Waals surface area contributed by atoms with Crippen LogP contribution in [0.15, 0.2) is 42.5 Å². The number of aryl methyl sites for hydroxylation is 1. The van der Waals surface area contributed by atoms with E-state index in [9.17, 15) is 9.90 Å². The molecule has 0 saturated carbocycles. The molecule has 0 unspecified atom stereocenters. The van der Waals surface area contributed by atoms with E-state index in [0.717, 1.165) is 52.7 Å². The van der Waals surface area contributed by atoms with Crippen molar-refractivity contribution in [2.45, 2.75) is 13.0 Å². The predicted molar refractivity (Wildman–Crippen MR) is 110 cm³/mol. The molecule has 4 rings (SSSR count). The number of benzene rings is 2. The maximum atomic E-state index is 11.2. The van der Waals surface area contributed by atoms with Gasteiger partial charge in [-0.25, -0.2) is 4.79 Å². The summed E-state index contributed by atoms with van der Waals surface area (Å²) in [4.78, 5) is 14.7. The van der Waals surface area contributed by atoms with Crippen molar-refractivity contribution < 1.29 is 9.90 Å². The highest BCUT2D eigenvalue weighted by Gasteiger charge is 2.15. The summed E-state index contributed by atoms with van der Waals surface area (Å²) in [5.41, 5.74) is 10.6. The number of aromatic amines is 1. The minimum absolute atomic E-state index is 0.255. The minimum Gasteiger partial charge on any atom is -0.478 e. The summed E-state index contributed by atoms with van der Waals surface area (Å²) >= 11 is 0. The number of fused-ring (bicyclic) bond motifs is 2. The third-order valence-corrected chi connectivity index (χ3v) is 4.93. The number of H-pyrrole nitrogens is 1. The monoisotopic (exact) mass is 377 g/mol. The molecule has 4 aromatic rings. The van der Waals surface area contributed by atoms with Gasteiger partial charge in [-0.1, -0.05) is 6.07 Å². The largest absolute Gasteiger partial charge is 0.478 e. The lowest BCUT2D eigenvalue weighted by atomic mass is 10.1. The lowest BCUT2D eigenvalue weighted by molar-refractivity contribution is 0.0697. The molecule has 0 saturated heterocycles. The Morgan fingerprint density at radius 2 is 2.11 bits per heavy atom. The van der Waals surface area contributed by atoms with Crippen molar-refractivity contribution in [3.63, 3.8) is 0 Å². The second kappa shape index (κ2) is 7.46. The summed E-state index contributed by atoms with van der Waals surface area (Å²) in [5, 5.41) is 19.3. The summed E-state index contributed by atoms with van der Waals surface area (Å²) < 4.78 is 1.72. The Morgan fingerprint density at radius 3 is 2.89 bits per heavy atom. The zero-order valence-corrected chi connectivity index (χ0v) is 15.7. The van der Waals surface area contributed by atoms with Crippen molar-refractivity contribution in [3.05, 3.63) is 53.6 Å². The van der Waals surface area contributed by atoms with Gasteiger partial charge in [0.25, 0.3) is 0 Å². The Labute approximate surface area is 162 Å². The lowest BCUT2D eigenvalue weighted by Gasteiger charge is -2.03. The van der Waals surface area contributed by atoms with Gasteiger partial charge in [-0.3, -0.25) is 4.68 Å². The highest BCUT2D eigenvalue weighted by atomic mass is 16.4. The maximum Gasteiger partial charge on any atom is 0.335 e. The molecule has 2 aromatic carbocycles. The van der Waals surface area contributed by atoms with E-state index in [-0.39, 0.29) is 5.56 Å². The number of rotatable bonds is 7. The molecular weight excluding hydrogens is 354 g/mol. The van der Waals surface area contributed by atoms with E-state index in [1.54, 1.807) is 16.8 Å². The van der Waals surface area contributed by atoms with Crippen LogP contribution in [0.2, 0.25) is 0 Å². The van der Waals surface area contributed by atoms with Gasteiger partial charge in [-0.15, -0.1) is 0 Å². The average Bonchev–Trinajstić information content (AvgIpc) is 3.25. The lowest BCUT2D eigenvalue weighted by Crippen LogP contribution is -2.17. The molecule has 0 radical (unpaired) electrons. The number of carbonyl (C=O) groups is 1. The van der Waals surface area contributed by atoms with Crippen LogP contribution in [0.25, 0.3) is 33.2 Å². The number of nitrogens with two attached hydrogens (primary N) is 1. The number of aromatic carboxylic acids is 1. The molecule has 144 valence electrons. The molecular formula is C21H23N5O2. The van der Waals surface area contributed by atoms with E-state index in [4.69, 9.17) is 5.73 Å². The average molecular weight is 377 g/mol. The van der Waals surface area contributed by atoms with E-state index in [1.165, 1.54) is 5.56 Å². The van der Waals surface area contributed by atoms with Gasteiger partial charge < -0.3 is 21.1 Å². The zero-order valence-electron chi connectivity index (χ0n) is 15.7. The molecule has 7 nitrogen and oxygen atoms in total. The van der Waals surface area contributed by atoms with Crippen LogP contribution in [-0.4, -0.2) is 38.9 Å². The zero-order chi connectivity index (χ0) is 19.7. The Hall–Kier alpha value is -3.16. The second-order valence-corrected chi connectivity index (χ2v) is 6.93. The topological polar surface area (TPSA) is 109 Å². The van der Waals surface area contributed by atoms with E-state index >= 15 is 0 Å². The third-order valence-electron chi connectivity index (χ3n) is 4.93. The van der Waals surface area contributed by atoms with E-state index in [1.807, 2.05) is 13.1 Å². The number of hydrogen-bond acceptors (Lipinski definition) is 4. The molecule has 0 amide bonds. The van der Waals surface area contributed by atoms with Gasteiger partial charge in [0, 0.05) is 29.9 Å². The maximum absolute atomic E-state index is 11.2. The molecule has 5 N–H and O–H groups in total. The molecule has 2 aromatic heterocycles. The van der Waals surface area contributed by atoms with E-state index in [2.05, 4.69) is 39.7 Å². The van der Waals surface area contributed by atoms with Crippen molar-refractivity contribution in [2.75, 3.05) is 13.1 Å². The van der Waals surface area contributed by atoms with Gasteiger partial charge in [0.05, 0.1) is 16.8 Å². The number of hydrogen-bond donors (Lipinski definition) is 4. The fourth-order valence-electron chi connectivity index (χ4n) is 3.47. The number of carboxylic acid groups (broad SMARTS) is 1.